The van der Waals surface area contributed by atoms with Gasteiger partial charge in [-0.15, -0.1) is 0 Å². The molecule has 5 nitrogen and oxygen atoms in total. The van der Waals surface area contributed by atoms with Crippen molar-refractivity contribution in [1.29, 1.82) is 0 Å². The number of nitrogens with one attached hydrogen (secondary N) is 2. The van der Waals surface area contributed by atoms with Gasteiger partial charge in [-0.25, -0.2) is 9.37 Å². The van der Waals surface area contributed by atoms with Crippen molar-refractivity contribution in [2.75, 3.05) is 18.0 Å². The lowest BCUT2D eigenvalue weighted by molar-refractivity contribution is -0.125. The van der Waals surface area contributed by atoms with Gasteiger partial charge < -0.3 is 15.2 Å². The zero-order valence-electron chi connectivity index (χ0n) is 14.4. The number of aromatic nitrogens is 2. The molecule has 134 valence electrons. The Morgan fingerprint density at radius 2 is 1.88 bits per heavy atom. The summed E-state index contributed by atoms with van der Waals surface area (Å²) in [5, 5.41) is 2.86. The Hall–Kier alpha value is -2.89. The van der Waals surface area contributed by atoms with Crippen LogP contribution in [0.5, 0.6) is 0 Å². The number of nitrogens with zero attached hydrogens (tertiary/aromatic N) is 2. The lowest BCUT2D eigenvalue weighted by atomic mass is 9.96. The maximum atomic E-state index is 13.6. The van der Waals surface area contributed by atoms with E-state index in [4.69, 9.17) is 0 Å². The summed E-state index contributed by atoms with van der Waals surface area (Å²) in [7, 11) is 0. The molecule has 1 aliphatic rings. The van der Waals surface area contributed by atoms with Crippen LogP contribution < -0.4 is 10.2 Å². The van der Waals surface area contributed by atoms with Gasteiger partial charge in [-0.05, 0) is 31.0 Å². The van der Waals surface area contributed by atoms with Crippen molar-refractivity contribution in [2.24, 2.45) is 5.92 Å². The maximum Gasteiger partial charge on any atom is 0.223 e. The molecule has 0 spiro atoms. The van der Waals surface area contributed by atoms with Crippen molar-refractivity contribution in [3.8, 4) is 0 Å². The summed E-state index contributed by atoms with van der Waals surface area (Å²) in [4.78, 5) is 22.5. The zero-order valence-corrected chi connectivity index (χ0v) is 14.4. The lowest BCUT2D eigenvalue weighted by Crippen LogP contribution is -2.40. The number of amides is 1. The molecule has 1 amide bonds. The first-order chi connectivity index (χ1) is 12.7. The topological polar surface area (TPSA) is 61.0 Å². The number of rotatable bonds is 4. The second kappa shape index (κ2) is 7.15. The molecule has 1 aliphatic heterocycles. The maximum absolute atomic E-state index is 13.6. The number of piperidine rings is 1. The summed E-state index contributed by atoms with van der Waals surface area (Å²) in [5.74, 6) is 0.531. The minimum atomic E-state index is -0.285. The molecule has 6 heteroatoms. The number of aromatic amines is 1. The van der Waals surface area contributed by atoms with Crippen LogP contribution in [0.25, 0.3) is 11.0 Å². The molecule has 2 heterocycles. The highest BCUT2D eigenvalue weighted by Gasteiger charge is 2.26. The van der Waals surface area contributed by atoms with Crippen LogP contribution in [0.1, 0.15) is 18.4 Å². The fourth-order valence-electron chi connectivity index (χ4n) is 3.41. The normalized spacial score (nSPS) is 15.3. The largest absolute Gasteiger partial charge is 0.352 e. The van der Waals surface area contributed by atoms with Gasteiger partial charge in [0.2, 0.25) is 11.9 Å². The highest BCUT2D eigenvalue weighted by atomic mass is 19.1. The van der Waals surface area contributed by atoms with Gasteiger partial charge in [0, 0.05) is 31.1 Å². The molecule has 1 aromatic heterocycles. The van der Waals surface area contributed by atoms with Gasteiger partial charge in [0.05, 0.1) is 11.0 Å². The molecule has 2 aromatic carbocycles. The van der Waals surface area contributed by atoms with Gasteiger partial charge in [-0.2, -0.15) is 0 Å². The van der Waals surface area contributed by atoms with Crippen molar-refractivity contribution < 1.29 is 9.18 Å². The third-order valence-corrected chi connectivity index (χ3v) is 4.95. The highest BCUT2D eigenvalue weighted by molar-refractivity contribution is 5.79. The zero-order chi connectivity index (χ0) is 17.9. The smallest absolute Gasteiger partial charge is 0.223 e. The van der Waals surface area contributed by atoms with Crippen LogP contribution in [0, 0.1) is 11.7 Å². The Kier molecular flexibility index (Phi) is 4.56. The summed E-state index contributed by atoms with van der Waals surface area (Å²) in [5.41, 5.74) is 2.49. The van der Waals surface area contributed by atoms with E-state index >= 15 is 0 Å². The average Bonchev–Trinajstić information content (AvgIpc) is 3.11. The van der Waals surface area contributed by atoms with E-state index in [9.17, 15) is 9.18 Å². The number of H-pyrrole nitrogens is 1. The molecule has 0 unspecified atom stereocenters. The first kappa shape index (κ1) is 16.6. The third kappa shape index (κ3) is 3.40. The van der Waals surface area contributed by atoms with Gasteiger partial charge in [-0.1, -0.05) is 30.3 Å². The van der Waals surface area contributed by atoms with Crippen molar-refractivity contribution in [2.45, 2.75) is 19.4 Å². The van der Waals surface area contributed by atoms with Gasteiger partial charge in [0.1, 0.15) is 5.82 Å². The summed E-state index contributed by atoms with van der Waals surface area (Å²) in [6, 6.07) is 14.5. The van der Waals surface area contributed by atoms with Crippen LogP contribution in [0.15, 0.2) is 48.5 Å². The number of carbonyl (C=O) groups excluding carboxylic acids is 1. The number of benzene rings is 2. The molecule has 2 N–H and O–H groups in total. The van der Waals surface area contributed by atoms with E-state index in [1.54, 1.807) is 18.2 Å². The van der Waals surface area contributed by atoms with Crippen LogP contribution >= 0.6 is 0 Å². The number of hydrogen-bond acceptors (Lipinski definition) is 3. The molecule has 0 aliphatic carbocycles. The van der Waals surface area contributed by atoms with E-state index in [2.05, 4.69) is 20.2 Å². The van der Waals surface area contributed by atoms with Crippen LogP contribution in [-0.4, -0.2) is 29.0 Å². The van der Waals surface area contributed by atoms with Crippen molar-refractivity contribution in [1.82, 2.24) is 15.3 Å². The molecule has 0 atom stereocenters. The number of para-hydroxylation sites is 2. The van der Waals surface area contributed by atoms with Crippen molar-refractivity contribution in [3.63, 3.8) is 0 Å². The number of fused-ring (bicyclic) bond motifs is 1. The Morgan fingerprint density at radius 3 is 2.65 bits per heavy atom. The van der Waals surface area contributed by atoms with E-state index in [1.165, 1.54) is 6.07 Å². The Bertz CT molecular complexity index is 882. The van der Waals surface area contributed by atoms with Gasteiger partial charge >= 0.3 is 0 Å². The van der Waals surface area contributed by atoms with Crippen LogP contribution in [0.2, 0.25) is 0 Å². The van der Waals surface area contributed by atoms with Gasteiger partial charge in [0.25, 0.3) is 0 Å². The molecular weight excluding hydrogens is 331 g/mol. The Morgan fingerprint density at radius 1 is 1.15 bits per heavy atom. The molecule has 1 saturated heterocycles. The van der Waals surface area contributed by atoms with Crippen molar-refractivity contribution >= 4 is 22.9 Å². The van der Waals surface area contributed by atoms with E-state index in [0.29, 0.717) is 5.56 Å². The fourth-order valence-corrected chi connectivity index (χ4v) is 3.41. The van der Waals surface area contributed by atoms with E-state index in [-0.39, 0.29) is 24.2 Å². The first-order valence-electron chi connectivity index (χ1n) is 8.91. The van der Waals surface area contributed by atoms with Crippen LogP contribution in [0.4, 0.5) is 10.3 Å². The summed E-state index contributed by atoms with van der Waals surface area (Å²) in [6.07, 6.45) is 1.53. The van der Waals surface area contributed by atoms with Gasteiger partial charge in [-0.3, -0.25) is 4.79 Å². The summed E-state index contributed by atoms with van der Waals surface area (Å²) < 4.78 is 13.6. The minimum Gasteiger partial charge on any atom is -0.352 e. The number of hydrogen-bond donors (Lipinski definition) is 2. The van der Waals surface area contributed by atoms with Gasteiger partial charge in [0.15, 0.2) is 0 Å². The van der Waals surface area contributed by atoms with E-state index < -0.39 is 0 Å². The average molecular weight is 352 g/mol. The van der Waals surface area contributed by atoms with Crippen LogP contribution in [0.3, 0.4) is 0 Å². The first-order valence-corrected chi connectivity index (χ1v) is 8.91. The molecule has 26 heavy (non-hydrogen) atoms. The standard InChI is InChI=1S/C20H21FN4O/c21-16-6-2-1-5-15(16)13-22-19(26)14-9-11-25(12-10-14)20-23-17-7-3-4-8-18(17)24-20/h1-8,14H,9-13H2,(H,22,26)(H,23,24). The SMILES string of the molecule is O=C(NCc1ccccc1F)C1CCN(c2nc3ccccc3[nH]2)CC1. The second-order valence-electron chi connectivity index (χ2n) is 6.65. The summed E-state index contributed by atoms with van der Waals surface area (Å²) >= 11 is 0. The Labute approximate surface area is 151 Å². The predicted molar refractivity (Wildman–Crippen MR) is 99.3 cm³/mol. The number of imidazole rings is 1. The molecule has 3 aromatic rings. The monoisotopic (exact) mass is 352 g/mol. The molecule has 0 bridgehead atoms. The molecule has 1 fully saturated rings. The Balaban J connectivity index is 1.33. The fraction of sp³-hybridized carbons (Fsp3) is 0.300. The van der Waals surface area contributed by atoms with Crippen LogP contribution in [-0.2, 0) is 11.3 Å². The molecule has 4 rings (SSSR count). The van der Waals surface area contributed by atoms with E-state index in [0.717, 1.165) is 42.9 Å². The lowest BCUT2D eigenvalue weighted by Gasteiger charge is -2.31. The predicted octanol–water partition coefficient (Wildman–Crippen LogP) is 3.23. The highest BCUT2D eigenvalue weighted by Crippen LogP contribution is 2.23. The van der Waals surface area contributed by atoms with Crippen molar-refractivity contribution in [3.05, 3.63) is 59.9 Å². The summed E-state index contributed by atoms with van der Waals surface area (Å²) in [6.45, 7) is 1.78. The quantitative estimate of drug-likeness (QED) is 0.758. The number of halogens is 1. The molecular formula is C20H21FN4O. The third-order valence-electron chi connectivity index (χ3n) is 4.95. The molecule has 0 radical (unpaired) electrons. The second-order valence-corrected chi connectivity index (χ2v) is 6.65. The van der Waals surface area contributed by atoms with E-state index in [1.807, 2.05) is 24.3 Å². The minimum absolute atomic E-state index is 0.00231. The number of carbonyl (C=O) groups is 1. The number of anilines is 1. The molecule has 0 saturated carbocycles.